The largest absolute Gasteiger partial charge is 0.357 e. The van der Waals surface area contributed by atoms with E-state index in [1.54, 1.807) is 15.4 Å². The zero-order valence-corrected chi connectivity index (χ0v) is 15.3. The van der Waals surface area contributed by atoms with E-state index in [-0.39, 0.29) is 12.3 Å². The highest BCUT2D eigenvalue weighted by Crippen LogP contribution is 2.30. The van der Waals surface area contributed by atoms with Crippen molar-refractivity contribution in [3.63, 3.8) is 0 Å². The first-order valence-electron chi connectivity index (χ1n) is 8.69. The van der Waals surface area contributed by atoms with Crippen LogP contribution < -0.4 is 5.32 Å². The molecule has 138 valence electrons. The molecule has 26 heavy (non-hydrogen) atoms. The number of ether oxygens (including phenoxy) is 1. The Kier molecular flexibility index (Phi) is 4.54. The smallest absolute Gasteiger partial charge is 0.243 e. The fourth-order valence-corrected chi connectivity index (χ4v) is 3.27. The molecule has 0 spiro atoms. The van der Waals surface area contributed by atoms with E-state index in [1.165, 1.54) is 0 Å². The van der Waals surface area contributed by atoms with Gasteiger partial charge in [-0.1, -0.05) is 11.6 Å². The van der Waals surface area contributed by atoms with Gasteiger partial charge in [0.15, 0.2) is 5.65 Å². The molecule has 0 radical (unpaired) electrons. The Morgan fingerprint density at radius 2 is 2.27 bits per heavy atom. The maximum atomic E-state index is 13.4. The molecule has 1 aliphatic carbocycles. The molecule has 0 bridgehead atoms. The number of halogens is 2. The summed E-state index contributed by atoms with van der Waals surface area (Å²) in [6, 6.07) is 3.49. The monoisotopic (exact) mass is 378 g/mol. The Labute approximate surface area is 155 Å². The topological polar surface area (TPSA) is 69.3 Å². The lowest BCUT2D eigenvalue weighted by Crippen LogP contribution is -2.40. The standard InChI is InChI=1S/C17H20ClFN6O/c1-3-26-10(2)24-9-11(8-20-24)12-4-7-15-22-17(23-25(15)16(12)18)21-14-6-5-13(14)19/h4,7-10,13-14H,3,5-6H2,1-2H3,(H,21,23). The summed E-state index contributed by atoms with van der Waals surface area (Å²) in [5, 5.41) is 12.2. The molecule has 3 atom stereocenters. The third kappa shape index (κ3) is 3.03. The van der Waals surface area contributed by atoms with Crippen molar-refractivity contribution in [3.8, 4) is 11.1 Å². The highest BCUT2D eigenvalue weighted by molar-refractivity contribution is 6.32. The summed E-state index contributed by atoms with van der Waals surface area (Å²) >= 11 is 6.54. The maximum absolute atomic E-state index is 13.4. The van der Waals surface area contributed by atoms with Gasteiger partial charge in [0.1, 0.15) is 17.6 Å². The van der Waals surface area contributed by atoms with Gasteiger partial charge in [-0.2, -0.15) is 14.6 Å². The average Bonchev–Trinajstić information content (AvgIpc) is 3.26. The number of alkyl halides is 1. The molecule has 4 rings (SSSR count). The number of pyridine rings is 1. The molecule has 1 saturated carbocycles. The zero-order chi connectivity index (χ0) is 18.3. The number of aromatic nitrogens is 5. The number of hydrogen-bond donors (Lipinski definition) is 1. The summed E-state index contributed by atoms with van der Waals surface area (Å²) in [5.74, 6) is 0.386. The third-order valence-corrected chi connectivity index (χ3v) is 5.00. The Morgan fingerprint density at radius 1 is 1.42 bits per heavy atom. The third-order valence-electron chi connectivity index (χ3n) is 4.64. The molecule has 9 heteroatoms. The van der Waals surface area contributed by atoms with Gasteiger partial charge in [-0.25, -0.2) is 9.07 Å². The van der Waals surface area contributed by atoms with Crippen LogP contribution in [-0.4, -0.2) is 43.2 Å². The first-order chi connectivity index (χ1) is 12.6. The lowest BCUT2D eigenvalue weighted by molar-refractivity contribution is 0.0160. The zero-order valence-electron chi connectivity index (χ0n) is 14.6. The number of fused-ring (bicyclic) bond motifs is 1. The van der Waals surface area contributed by atoms with Crippen LogP contribution in [0, 0.1) is 0 Å². The molecule has 0 aliphatic heterocycles. The molecule has 3 unspecified atom stereocenters. The summed E-state index contributed by atoms with van der Waals surface area (Å²) in [7, 11) is 0. The number of hydrogen-bond acceptors (Lipinski definition) is 5. The van der Waals surface area contributed by atoms with Crippen molar-refractivity contribution in [1.82, 2.24) is 24.4 Å². The molecule has 0 aromatic carbocycles. The van der Waals surface area contributed by atoms with Crippen LogP contribution in [0.1, 0.15) is 32.9 Å². The molecule has 0 amide bonds. The van der Waals surface area contributed by atoms with Crippen LogP contribution >= 0.6 is 11.6 Å². The normalized spacial score (nSPS) is 20.9. The van der Waals surface area contributed by atoms with Gasteiger partial charge in [-0.15, -0.1) is 5.10 Å². The van der Waals surface area contributed by atoms with Crippen LogP contribution in [0.2, 0.25) is 5.15 Å². The van der Waals surface area contributed by atoms with Gasteiger partial charge in [0.2, 0.25) is 5.95 Å². The van der Waals surface area contributed by atoms with Crippen molar-refractivity contribution < 1.29 is 9.13 Å². The van der Waals surface area contributed by atoms with Gasteiger partial charge < -0.3 is 10.1 Å². The molecular formula is C17H20ClFN6O. The molecule has 1 aliphatic rings. The molecule has 3 aromatic rings. The van der Waals surface area contributed by atoms with Gasteiger partial charge in [0.25, 0.3) is 0 Å². The van der Waals surface area contributed by atoms with Crippen LogP contribution in [0.25, 0.3) is 16.8 Å². The second-order valence-electron chi connectivity index (χ2n) is 6.35. The number of nitrogens with one attached hydrogen (secondary N) is 1. The van der Waals surface area contributed by atoms with Crippen LogP contribution in [0.5, 0.6) is 0 Å². The first-order valence-corrected chi connectivity index (χ1v) is 9.06. The second-order valence-corrected chi connectivity index (χ2v) is 6.71. The maximum Gasteiger partial charge on any atom is 0.243 e. The molecule has 7 nitrogen and oxygen atoms in total. The minimum atomic E-state index is -0.842. The van der Waals surface area contributed by atoms with E-state index >= 15 is 0 Å². The van der Waals surface area contributed by atoms with Gasteiger partial charge in [0.05, 0.1) is 12.2 Å². The lowest BCUT2D eigenvalue weighted by atomic mass is 9.91. The first kappa shape index (κ1) is 17.2. The lowest BCUT2D eigenvalue weighted by Gasteiger charge is -2.30. The van der Waals surface area contributed by atoms with Crippen molar-refractivity contribution in [3.05, 3.63) is 29.7 Å². The quantitative estimate of drug-likeness (QED) is 0.662. The minimum Gasteiger partial charge on any atom is -0.357 e. The molecule has 3 heterocycles. The van der Waals surface area contributed by atoms with Crippen LogP contribution in [0.4, 0.5) is 10.3 Å². The molecule has 1 fully saturated rings. The van der Waals surface area contributed by atoms with Gasteiger partial charge in [0, 0.05) is 23.9 Å². The van der Waals surface area contributed by atoms with Crippen molar-refractivity contribution in [2.24, 2.45) is 0 Å². The Morgan fingerprint density at radius 3 is 2.96 bits per heavy atom. The number of anilines is 1. The van der Waals surface area contributed by atoms with E-state index in [9.17, 15) is 4.39 Å². The van der Waals surface area contributed by atoms with Crippen molar-refractivity contribution in [1.29, 1.82) is 0 Å². The molecule has 1 N–H and O–H groups in total. The van der Waals surface area contributed by atoms with E-state index in [2.05, 4.69) is 20.5 Å². The highest BCUT2D eigenvalue weighted by Gasteiger charge is 2.31. The van der Waals surface area contributed by atoms with Gasteiger partial charge in [-0.05, 0) is 38.8 Å². The fraction of sp³-hybridized carbons (Fsp3) is 0.471. The molecular weight excluding hydrogens is 359 g/mol. The second kappa shape index (κ2) is 6.85. The van der Waals surface area contributed by atoms with E-state index in [4.69, 9.17) is 16.3 Å². The van der Waals surface area contributed by atoms with E-state index in [0.29, 0.717) is 29.8 Å². The van der Waals surface area contributed by atoms with Crippen LogP contribution in [0.15, 0.2) is 24.5 Å². The van der Waals surface area contributed by atoms with Gasteiger partial charge >= 0.3 is 0 Å². The van der Waals surface area contributed by atoms with E-state index in [1.807, 2.05) is 32.2 Å². The molecule has 3 aromatic heterocycles. The van der Waals surface area contributed by atoms with Crippen LogP contribution in [0.3, 0.4) is 0 Å². The van der Waals surface area contributed by atoms with E-state index < -0.39 is 6.17 Å². The van der Waals surface area contributed by atoms with E-state index in [0.717, 1.165) is 17.5 Å². The van der Waals surface area contributed by atoms with Gasteiger partial charge in [-0.3, -0.25) is 0 Å². The average molecular weight is 379 g/mol. The van der Waals surface area contributed by atoms with Crippen molar-refractivity contribution in [2.45, 2.75) is 45.1 Å². The summed E-state index contributed by atoms with van der Waals surface area (Å²) < 4.78 is 22.3. The summed E-state index contributed by atoms with van der Waals surface area (Å²) in [6.07, 6.45) is 3.99. The fourth-order valence-electron chi connectivity index (χ4n) is 2.97. The number of nitrogens with zero attached hydrogens (tertiary/aromatic N) is 5. The Hall–Kier alpha value is -2.19. The predicted molar refractivity (Wildman–Crippen MR) is 97.1 cm³/mol. The predicted octanol–water partition coefficient (Wildman–Crippen LogP) is 3.71. The molecule has 0 saturated heterocycles. The summed E-state index contributed by atoms with van der Waals surface area (Å²) in [6.45, 7) is 4.48. The highest BCUT2D eigenvalue weighted by atomic mass is 35.5. The van der Waals surface area contributed by atoms with Crippen LogP contribution in [-0.2, 0) is 4.74 Å². The van der Waals surface area contributed by atoms with Crippen molar-refractivity contribution in [2.75, 3.05) is 11.9 Å². The van der Waals surface area contributed by atoms with Crippen molar-refractivity contribution >= 4 is 23.2 Å². The summed E-state index contributed by atoms with van der Waals surface area (Å²) in [5.41, 5.74) is 2.25. The minimum absolute atomic E-state index is 0.158. The SMILES string of the molecule is CCOC(C)n1cc(-c2ccc3nc(NC4CCC4F)nn3c2Cl)cn1. The Balaban J connectivity index is 1.63. The summed E-state index contributed by atoms with van der Waals surface area (Å²) in [4.78, 5) is 4.37. The Bertz CT molecular complexity index is 925. The number of rotatable bonds is 6.